The van der Waals surface area contributed by atoms with Crippen LogP contribution in [0.3, 0.4) is 0 Å². The Kier molecular flexibility index (Phi) is 8.05. The smallest absolute Gasteiger partial charge is 0.321 e. The zero-order valence-electron chi connectivity index (χ0n) is 15.0. The fourth-order valence-electron chi connectivity index (χ4n) is 2.14. The number of likely N-dealkylation sites (N-methyl/N-ethyl adjacent to an activating group) is 1. The summed E-state index contributed by atoms with van der Waals surface area (Å²) in [5, 5.41) is 4.92. The largest absolute Gasteiger partial charge is 0.493 e. The van der Waals surface area contributed by atoms with Crippen LogP contribution in [0.1, 0.15) is 19.4 Å². The number of methoxy groups -OCH3 is 2. The van der Waals surface area contributed by atoms with Crippen molar-refractivity contribution in [3.63, 3.8) is 0 Å². The first kappa shape index (κ1) is 19.8. The molecule has 0 aliphatic rings. The molecule has 3 amide bonds. The molecule has 0 aromatic heterocycles. The first-order valence-electron chi connectivity index (χ1n) is 7.85. The summed E-state index contributed by atoms with van der Waals surface area (Å²) >= 11 is 0. The second-order valence-electron chi connectivity index (χ2n) is 5.85. The lowest BCUT2D eigenvalue weighted by molar-refractivity contribution is -0.120. The van der Waals surface area contributed by atoms with Gasteiger partial charge in [-0.1, -0.05) is 6.07 Å². The highest BCUT2D eigenvalue weighted by Gasteiger charge is 2.11. The topological polar surface area (TPSA) is 79.9 Å². The fourth-order valence-corrected chi connectivity index (χ4v) is 2.14. The van der Waals surface area contributed by atoms with Crippen LogP contribution in [-0.2, 0) is 11.2 Å². The number of carbonyl (C=O) groups is 2. The average Bonchev–Trinajstić information content (AvgIpc) is 2.51. The van der Waals surface area contributed by atoms with Crippen molar-refractivity contribution in [3.8, 4) is 11.5 Å². The molecule has 0 unspecified atom stereocenters. The zero-order chi connectivity index (χ0) is 18.1. The Hall–Kier alpha value is -2.28. The number of rotatable bonds is 8. The molecule has 0 aliphatic carbocycles. The quantitative estimate of drug-likeness (QED) is 0.750. The maximum atomic E-state index is 11.8. The minimum Gasteiger partial charge on any atom is -0.493 e. The molecule has 0 fully saturated rings. The Morgan fingerprint density at radius 1 is 1.17 bits per heavy atom. The average molecular weight is 337 g/mol. The van der Waals surface area contributed by atoms with E-state index in [1.807, 2.05) is 44.0 Å². The molecular formula is C17H27N3O4. The molecule has 0 saturated carbocycles. The van der Waals surface area contributed by atoms with Crippen molar-refractivity contribution < 1.29 is 19.1 Å². The van der Waals surface area contributed by atoms with E-state index < -0.39 is 6.03 Å². The van der Waals surface area contributed by atoms with E-state index in [1.165, 1.54) is 0 Å². The van der Waals surface area contributed by atoms with Crippen LogP contribution in [0.4, 0.5) is 4.79 Å². The van der Waals surface area contributed by atoms with Crippen molar-refractivity contribution >= 4 is 11.9 Å². The minimum atomic E-state index is -0.469. The van der Waals surface area contributed by atoms with E-state index in [1.54, 1.807) is 14.2 Å². The minimum absolute atomic E-state index is 0.0134. The Balaban J connectivity index is 2.44. The van der Waals surface area contributed by atoms with Gasteiger partial charge >= 0.3 is 6.03 Å². The van der Waals surface area contributed by atoms with E-state index in [0.717, 1.165) is 12.0 Å². The third-order valence-electron chi connectivity index (χ3n) is 3.32. The molecule has 24 heavy (non-hydrogen) atoms. The van der Waals surface area contributed by atoms with Gasteiger partial charge < -0.3 is 14.8 Å². The number of amides is 3. The van der Waals surface area contributed by atoms with Crippen molar-refractivity contribution in [2.75, 3.05) is 34.4 Å². The molecule has 0 bridgehead atoms. The SMILES string of the molecule is COc1ccc(CCN(C)CC(=O)NC(=O)NC(C)C)cc1OC. The number of nitrogens with one attached hydrogen (secondary N) is 2. The highest BCUT2D eigenvalue weighted by atomic mass is 16.5. The monoisotopic (exact) mass is 337 g/mol. The van der Waals surface area contributed by atoms with Gasteiger partial charge in [-0.15, -0.1) is 0 Å². The van der Waals surface area contributed by atoms with E-state index in [9.17, 15) is 9.59 Å². The highest BCUT2D eigenvalue weighted by molar-refractivity contribution is 5.95. The van der Waals surface area contributed by atoms with Crippen molar-refractivity contribution in [3.05, 3.63) is 23.8 Å². The predicted octanol–water partition coefficient (Wildman–Crippen LogP) is 1.41. The number of urea groups is 1. The van der Waals surface area contributed by atoms with Crippen molar-refractivity contribution in [1.82, 2.24) is 15.5 Å². The van der Waals surface area contributed by atoms with Gasteiger partial charge in [-0.05, 0) is 45.0 Å². The van der Waals surface area contributed by atoms with Crippen LogP contribution in [0.15, 0.2) is 18.2 Å². The Morgan fingerprint density at radius 3 is 2.42 bits per heavy atom. The molecule has 0 radical (unpaired) electrons. The normalized spacial score (nSPS) is 10.6. The Morgan fingerprint density at radius 2 is 1.83 bits per heavy atom. The third kappa shape index (κ3) is 6.87. The predicted molar refractivity (Wildman–Crippen MR) is 92.6 cm³/mol. The van der Waals surface area contributed by atoms with Crippen LogP contribution >= 0.6 is 0 Å². The van der Waals surface area contributed by atoms with Crippen LogP contribution in [0, 0.1) is 0 Å². The summed E-state index contributed by atoms with van der Waals surface area (Å²) in [6, 6.07) is 5.26. The van der Waals surface area contributed by atoms with Gasteiger partial charge in [0.15, 0.2) is 11.5 Å². The highest BCUT2D eigenvalue weighted by Crippen LogP contribution is 2.27. The number of benzene rings is 1. The molecule has 7 nitrogen and oxygen atoms in total. The van der Waals surface area contributed by atoms with Crippen LogP contribution in [-0.4, -0.2) is 57.2 Å². The molecule has 1 aromatic carbocycles. The van der Waals surface area contributed by atoms with Gasteiger partial charge in [-0.3, -0.25) is 15.0 Å². The summed E-state index contributed by atoms with van der Waals surface area (Å²) in [6.07, 6.45) is 0.752. The maximum absolute atomic E-state index is 11.8. The van der Waals surface area contributed by atoms with Gasteiger partial charge in [-0.2, -0.15) is 0 Å². The lowest BCUT2D eigenvalue weighted by Crippen LogP contribution is -2.46. The summed E-state index contributed by atoms with van der Waals surface area (Å²) in [4.78, 5) is 25.1. The summed E-state index contributed by atoms with van der Waals surface area (Å²) in [5.74, 6) is 1.04. The molecule has 2 N–H and O–H groups in total. The molecule has 1 rings (SSSR count). The number of imide groups is 1. The van der Waals surface area contributed by atoms with Crippen LogP contribution in [0.25, 0.3) is 0 Å². The summed E-state index contributed by atoms with van der Waals surface area (Å²) in [5.41, 5.74) is 1.08. The van der Waals surface area contributed by atoms with Gasteiger partial charge in [0.1, 0.15) is 0 Å². The molecule has 1 aromatic rings. The first-order chi connectivity index (χ1) is 11.3. The van der Waals surface area contributed by atoms with Gasteiger partial charge in [-0.25, -0.2) is 4.79 Å². The van der Waals surface area contributed by atoms with Crippen molar-refractivity contribution in [1.29, 1.82) is 0 Å². The molecule has 0 spiro atoms. The molecule has 0 atom stereocenters. The number of nitrogens with zero attached hydrogens (tertiary/aromatic N) is 1. The van der Waals surface area contributed by atoms with Crippen LogP contribution in [0.2, 0.25) is 0 Å². The second-order valence-corrected chi connectivity index (χ2v) is 5.85. The van der Waals surface area contributed by atoms with Gasteiger partial charge in [0.25, 0.3) is 0 Å². The second kappa shape index (κ2) is 9.77. The number of hydrogen-bond acceptors (Lipinski definition) is 5. The third-order valence-corrected chi connectivity index (χ3v) is 3.32. The summed E-state index contributed by atoms with van der Waals surface area (Å²) in [7, 11) is 5.03. The zero-order valence-corrected chi connectivity index (χ0v) is 15.0. The molecule has 0 heterocycles. The van der Waals surface area contributed by atoms with Gasteiger partial charge in [0, 0.05) is 12.6 Å². The summed E-state index contributed by atoms with van der Waals surface area (Å²) < 4.78 is 10.5. The molecular weight excluding hydrogens is 310 g/mol. The van der Waals surface area contributed by atoms with Crippen molar-refractivity contribution in [2.24, 2.45) is 0 Å². The van der Waals surface area contributed by atoms with Crippen molar-refractivity contribution in [2.45, 2.75) is 26.3 Å². The van der Waals surface area contributed by atoms with Gasteiger partial charge in [0.2, 0.25) is 5.91 Å². The molecule has 7 heteroatoms. The van der Waals surface area contributed by atoms with E-state index in [-0.39, 0.29) is 18.5 Å². The van der Waals surface area contributed by atoms with Crippen LogP contribution < -0.4 is 20.1 Å². The lowest BCUT2D eigenvalue weighted by atomic mass is 10.1. The molecule has 0 aliphatic heterocycles. The van der Waals surface area contributed by atoms with E-state index >= 15 is 0 Å². The van der Waals surface area contributed by atoms with E-state index in [0.29, 0.717) is 18.0 Å². The molecule has 134 valence electrons. The van der Waals surface area contributed by atoms with Crippen LogP contribution in [0.5, 0.6) is 11.5 Å². The fraction of sp³-hybridized carbons (Fsp3) is 0.529. The van der Waals surface area contributed by atoms with E-state index in [2.05, 4.69) is 10.6 Å². The maximum Gasteiger partial charge on any atom is 0.321 e. The van der Waals surface area contributed by atoms with Gasteiger partial charge in [0.05, 0.1) is 20.8 Å². The standard InChI is InChI=1S/C17H27N3O4/c1-12(2)18-17(22)19-16(21)11-20(3)9-8-13-6-7-14(23-4)15(10-13)24-5/h6-7,10,12H,8-9,11H2,1-5H3,(H2,18,19,21,22). The molecule has 0 saturated heterocycles. The summed E-state index contributed by atoms with van der Waals surface area (Å²) in [6.45, 7) is 4.49. The Bertz CT molecular complexity index is 561. The van der Waals surface area contributed by atoms with E-state index in [4.69, 9.17) is 9.47 Å². The number of hydrogen-bond donors (Lipinski definition) is 2. The number of carbonyl (C=O) groups excluding carboxylic acids is 2. The number of ether oxygens (including phenoxy) is 2. The first-order valence-corrected chi connectivity index (χ1v) is 7.85. The lowest BCUT2D eigenvalue weighted by Gasteiger charge is -2.17. The Labute approximate surface area is 143 Å².